The Kier molecular flexibility index (Phi) is 4.14. The topological polar surface area (TPSA) is 40.7 Å². The minimum absolute atomic E-state index is 0.480. The van der Waals surface area contributed by atoms with Gasteiger partial charge in [-0.3, -0.25) is 0 Å². The molecule has 3 heteroatoms. The molecular weight excluding hydrogens is 174 g/mol. The second kappa shape index (κ2) is 5.15. The van der Waals surface area contributed by atoms with Gasteiger partial charge in [0.05, 0.1) is 0 Å². The highest BCUT2D eigenvalue weighted by Gasteiger charge is 2.03. The maximum absolute atomic E-state index is 4.32. The third kappa shape index (κ3) is 3.50. The molecule has 0 bridgehead atoms. The van der Waals surface area contributed by atoms with Crippen LogP contribution >= 0.6 is 0 Å². The summed E-state index contributed by atoms with van der Waals surface area (Å²) in [6.45, 7) is 10.6. The summed E-state index contributed by atoms with van der Waals surface area (Å²) in [5.41, 5.74) is 1.18. The van der Waals surface area contributed by atoms with Crippen LogP contribution in [0.3, 0.4) is 0 Å². The predicted molar refractivity (Wildman–Crippen MR) is 59.2 cm³/mol. The highest BCUT2D eigenvalue weighted by atomic mass is 15.0. The zero-order chi connectivity index (χ0) is 10.6. The molecular formula is C11H21N3. The van der Waals surface area contributed by atoms with E-state index in [-0.39, 0.29) is 0 Å². The minimum atomic E-state index is 0.480. The van der Waals surface area contributed by atoms with Gasteiger partial charge in [-0.1, -0.05) is 27.7 Å². The standard InChI is InChI=1S/C11H21N3/c1-8(2)5-12-6-10-7-13-11(14-10)9(3)4/h7-9,12H,5-6H2,1-4H3,(H,13,14). The van der Waals surface area contributed by atoms with Crippen molar-refractivity contribution in [2.24, 2.45) is 5.92 Å². The highest BCUT2D eigenvalue weighted by Crippen LogP contribution is 2.09. The second-order valence-corrected chi connectivity index (χ2v) is 4.47. The van der Waals surface area contributed by atoms with Crippen LogP contribution in [0.4, 0.5) is 0 Å². The Labute approximate surface area is 86.3 Å². The number of imidazole rings is 1. The highest BCUT2D eigenvalue weighted by molar-refractivity contribution is 5.03. The zero-order valence-corrected chi connectivity index (χ0v) is 9.59. The van der Waals surface area contributed by atoms with E-state index in [1.54, 1.807) is 0 Å². The van der Waals surface area contributed by atoms with Crippen molar-refractivity contribution in [3.05, 3.63) is 17.7 Å². The lowest BCUT2D eigenvalue weighted by atomic mass is 10.2. The molecule has 80 valence electrons. The zero-order valence-electron chi connectivity index (χ0n) is 9.59. The van der Waals surface area contributed by atoms with Crippen molar-refractivity contribution in [3.63, 3.8) is 0 Å². The summed E-state index contributed by atoms with van der Waals surface area (Å²) in [5.74, 6) is 2.25. The molecule has 3 nitrogen and oxygen atoms in total. The van der Waals surface area contributed by atoms with Crippen LogP contribution in [0, 0.1) is 5.92 Å². The van der Waals surface area contributed by atoms with Crippen LogP contribution in [0.2, 0.25) is 0 Å². The molecule has 2 N–H and O–H groups in total. The summed E-state index contributed by atoms with van der Waals surface area (Å²) in [6.07, 6.45) is 1.92. The molecule has 0 spiro atoms. The fourth-order valence-electron chi connectivity index (χ4n) is 1.26. The van der Waals surface area contributed by atoms with E-state index in [9.17, 15) is 0 Å². The van der Waals surface area contributed by atoms with Crippen LogP contribution in [-0.2, 0) is 6.54 Å². The first-order chi connectivity index (χ1) is 6.59. The van der Waals surface area contributed by atoms with Crippen molar-refractivity contribution in [1.29, 1.82) is 0 Å². The Morgan fingerprint density at radius 1 is 1.36 bits per heavy atom. The molecule has 0 fully saturated rings. The van der Waals surface area contributed by atoms with E-state index in [0.717, 1.165) is 18.9 Å². The van der Waals surface area contributed by atoms with E-state index < -0.39 is 0 Å². The van der Waals surface area contributed by atoms with Crippen molar-refractivity contribution in [2.45, 2.75) is 40.2 Å². The number of rotatable bonds is 5. The molecule has 0 unspecified atom stereocenters. The van der Waals surface area contributed by atoms with Crippen LogP contribution in [0.5, 0.6) is 0 Å². The van der Waals surface area contributed by atoms with Gasteiger partial charge in [-0.2, -0.15) is 0 Å². The van der Waals surface area contributed by atoms with Crippen molar-refractivity contribution < 1.29 is 0 Å². The van der Waals surface area contributed by atoms with Gasteiger partial charge in [-0.25, -0.2) is 4.98 Å². The maximum Gasteiger partial charge on any atom is 0.108 e. The number of nitrogens with zero attached hydrogens (tertiary/aromatic N) is 1. The van der Waals surface area contributed by atoms with Gasteiger partial charge in [0.1, 0.15) is 5.82 Å². The molecule has 0 aliphatic heterocycles. The molecule has 0 aliphatic carbocycles. The fraction of sp³-hybridized carbons (Fsp3) is 0.727. The summed E-state index contributed by atoms with van der Waals surface area (Å²) in [6, 6.07) is 0. The molecule has 0 atom stereocenters. The molecule has 1 rings (SSSR count). The van der Waals surface area contributed by atoms with E-state index in [2.05, 4.69) is 43.0 Å². The van der Waals surface area contributed by atoms with E-state index in [4.69, 9.17) is 0 Å². The molecule has 1 aromatic rings. The van der Waals surface area contributed by atoms with Crippen molar-refractivity contribution in [2.75, 3.05) is 6.54 Å². The van der Waals surface area contributed by atoms with Gasteiger partial charge >= 0.3 is 0 Å². The smallest absolute Gasteiger partial charge is 0.108 e. The van der Waals surface area contributed by atoms with Gasteiger partial charge in [-0.05, 0) is 12.5 Å². The molecule has 0 amide bonds. The summed E-state index contributed by atoms with van der Waals surface area (Å²) in [4.78, 5) is 7.63. The molecule has 0 aliphatic rings. The number of aromatic nitrogens is 2. The van der Waals surface area contributed by atoms with Crippen molar-refractivity contribution >= 4 is 0 Å². The molecule has 0 saturated heterocycles. The molecule has 0 saturated carbocycles. The first-order valence-corrected chi connectivity index (χ1v) is 5.34. The summed E-state index contributed by atoms with van der Waals surface area (Å²) < 4.78 is 0. The van der Waals surface area contributed by atoms with Crippen LogP contribution in [0.25, 0.3) is 0 Å². The first-order valence-electron chi connectivity index (χ1n) is 5.34. The monoisotopic (exact) mass is 195 g/mol. The van der Waals surface area contributed by atoms with Crippen molar-refractivity contribution in [3.8, 4) is 0 Å². The van der Waals surface area contributed by atoms with Crippen LogP contribution in [-0.4, -0.2) is 16.5 Å². The van der Waals surface area contributed by atoms with E-state index in [0.29, 0.717) is 11.8 Å². The second-order valence-electron chi connectivity index (χ2n) is 4.47. The minimum Gasteiger partial charge on any atom is -0.345 e. The molecule has 1 heterocycles. The van der Waals surface area contributed by atoms with E-state index in [1.807, 2.05) is 6.20 Å². The van der Waals surface area contributed by atoms with Gasteiger partial charge in [0.2, 0.25) is 0 Å². The van der Waals surface area contributed by atoms with E-state index in [1.165, 1.54) is 5.69 Å². The van der Waals surface area contributed by atoms with Crippen LogP contribution < -0.4 is 5.32 Å². The predicted octanol–water partition coefficient (Wildman–Crippen LogP) is 2.28. The Balaban J connectivity index is 2.36. The Hall–Kier alpha value is -0.830. The third-order valence-electron chi connectivity index (χ3n) is 2.06. The normalized spacial score (nSPS) is 11.6. The number of hydrogen-bond acceptors (Lipinski definition) is 2. The van der Waals surface area contributed by atoms with Gasteiger partial charge in [-0.15, -0.1) is 0 Å². The van der Waals surface area contributed by atoms with Crippen LogP contribution in [0.15, 0.2) is 6.20 Å². The summed E-state index contributed by atoms with van der Waals surface area (Å²) in [5, 5.41) is 3.38. The number of aromatic amines is 1. The molecule has 0 aromatic carbocycles. The average Bonchev–Trinajstić information content (AvgIpc) is 2.52. The molecule has 14 heavy (non-hydrogen) atoms. The third-order valence-corrected chi connectivity index (χ3v) is 2.06. The number of H-pyrrole nitrogens is 1. The Morgan fingerprint density at radius 3 is 2.57 bits per heavy atom. The molecule has 0 radical (unpaired) electrons. The van der Waals surface area contributed by atoms with Crippen LogP contribution in [0.1, 0.15) is 45.1 Å². The molecule has 1 aromatic heterocycles. The van der Waals surface area contributed by atoms with Gasteiger partial charge in [0, 0.05) is 24.4 Å². The van der Waals surface area contributed by atoms with Gasteiger partial charge < -0.3 is 10.3 Å². The Morgan fingerprint density at radius 2 is 2.07 bits per heavy atom. The first kappa shape index (κ1) is 11.2. The quantitative estimate of drug-likeness (QED) is 0.756. The number of hydrogen-bond donors (Lipinski definition) is 2. The fourth-order valence-corrected chi connectivity index (χ4v) is 1.26. The lowest BCUT2D eigenvalue weighted by molar-refractivity contribution is 0.548. The van der Waals surface area contributed by atoms with Crippen molar-refractivity contribution in [1.82, 2.24) is 15.3 Å². The largest absolute Gasteiger partial charge is 0.345 e. The SMILES string of the molecule is CC(C)CNCc1cnc(C(C)C)[nH]1. The maximum atomic E-state index is 4.32. The van der Waals surface area contributed by atoms with Gasteiger partial charge in [0.15, 0.2) is 0 Å². The lowest BCUT2D eigenvalue weighted by Crippen LogP contribution is -2.19. The Bertz CT molecular complexity index is 263. The van der Waals surface area contributed by atoms with E-state index >= 15 is 0 Å². The summed E-state index contributed by atoms with van der Waals surface area (Å²) in [7, 11) is 0. The summed E-state index contributed by atoms with van der Waals surface area (Å²) >= 11 is 0. The average molecular weight is 195 g/mol. The van der Waals surface area contributed by atoms with Gasteiger partial charge in [0.25, 0.3) is 0 Å². The number of nitrogens with one attached hydrogen (secondary N) is 2. The lowest BCUT2D eigenvalue weighted by Gasteiger charge is -2.05.